The number of rotatable bonds is 4. The topological polar surface area (TPSA) is 55.0 Å². The van der Waals surface area contributed by atoms with Gasteiger partial charge in [-0.3, -0.25) is 0 Å². The second-order valence-electron chi connectivity index (χ2n) is 4.16. The van der Waals surface area contributed by atoms with Gasteiger partial charge in [0.25, 0.3) is 0 Å². The molecule has 1 aliphatic carbocycles. The summed E-state index contributed by atoms with van der Waals surface area (Å²) in [6.45, 7) is 2.82. The fourth-order valence-electron chi connectivity index (χ4n) is 1.94. The van der Waals surface area contributed by atoms with E-state index in [0.29, 0.717) is 30.6 Å². The number of anilines is 1. The molecule has 4 nitrogen and oxygen atoms in total. The van der Waals surface area contributed by atoms with Gasteiger partial charge in [0.05, 0.1) is 5.69 Å². The van der Waals surface area contributed by atoms with Crippen LogP contribution in [0.4, 0.5) is 10.2 Å². The zero-order chi connectivity index (χ0) is 11.5. The molecule has 0 radical (unpaired) electrons. The van der Waals surface area contributed by atoms with Gasteiger partial charge in [0.15, 0.2) is 11.6 Å². The first kappa shape index (κ1) is 11.3. The van der Waals surface area contributed by atoms with E-state index in [4.69, 9.17) is 5.73 Å². The van der Waals surface area contributed by atoms with Crippen LogP contribution in [-0.2, 0) is 0 Å². The molecule has 0 bridgehead atoms. The van der Waals surface area contributed by atoms with Crippen molar-refractivity contribution in [3.8, 4) is 0 Å². The Balaban J connectivity index is 2.26. The minimum Gasteiger partial charge on any atom is -0.350 e. The van der Waals surface area contributed by atoms with Crippen molar-refractivity contribution in [2.75, 3.05) is 18.0 Å². The monoisotopic (exact) mass is 224 g/mol. The molecule has 1 fully saturated rings. The molecule has 0 aliphatic heterocycles. The van der Waals surface area contributed by atoms with Crippen molar-refractivity contribution >= 4 is 5.82 Å². The summed E-state index contributed by atoms with van der Waals surface area (Å²) in [5.41, 5.74) is 5.96. The van der Waals surface area contributed by atoms with Crippen LogP contribution >= 0.6 is 0 Å². The number of hydrogen-bond donors (Lipinski definition) is 1. The van der Waals surface area contributed by atoms with Gasteiger partial charge in [-0.1, -0.05) is 0 Å². The predicted octanol–water partition coefficient (Wildman–Crippen LogP) is 1.24. The van der Waals surface area contributed by atoms with E-state index in [-0.39, 0.29) is 5.82 Å². The molecule has 0 saturated heterocycles. The SMILES string of the molecule is Cc1ncnc(N(CCN)C2CCC2)c1F. The Kier molecular flexibility index (Phi) is 3.33. The summed E-state index contributed by atoms with van der Waals surface area (Å²) in [6, 6.07) is 0.396. The van der Waals surface area contributed by atoms with E-state index in [1.165, 1.54) is 12.7 Å². The number of nitrogens with zero attached hydrogens (tertiary/aromatic N) is 3. The second kappa shape index (κ2) is 4.74. The zero-order valence-electron chi connectivity index (χ0n) is 9.49. The molecule has 16 heavy (non-hydrogen) atoms. The molecule has 0 unspecified atom stereocenters. The average Bonchev–Trinajstić information content (AvgIpc) is 2.19. The van der Waals surface area contributed by atoms with Crippen molar-refractivity contribution in [2.24, 2.45) is 5.73 Å². The highest BCUT2D eigenvalue weighted by atomic mass is 19.1. The Hall–Kier alpha value is -1.23. The van der Waals surface area contributed by atoms with Crippen LogP contribution < -0.4 is 10.6 Å². The standard InChI is InChI=1S/C11H17FN4/c1-8-10(12)11(15-7-14-8)16(6-5-13)9-3-2-4-9/h7,9H,2-6,13H2,1H3. The van der Waals surface area contributed by atoms with Crippen molar-refractivity contribution in [1.29, 1.82) is 0 Å². The van der Waals surface area contributed by atoms with Gasteiger partial charge < -0.3 is 10.6 Å². The van der Waals surface area contributed by atoms with Crippen molar-refractivity contribution in [3.05, 3.63) is 17.8 Å². The van der Waals surface area contributed by atoms with Crippen molar-refractivity contribution in [2.45, 2.75) is 32.2 Å². The molecule has 0 aromatic carbocycles. The van der Waals surface area contributed by atoms with Crippen molar-refractivity contribution < 1.29 is 4.39 Å². The Morgan fingerprint density at radius 1 is 1.50 bits per heavy atom. The van der Waals surface area contributed by atoms with Crippen molar-refractivity contribution in [3.63, 3.8) is 0 Å². The largest absolute Gasteiger partial charge is 0.350 e. The first-order chi connectivity index (χ1) is 7.74. The maximum absolute atomic E-state index is 13.9. The Morgan fingerprint density at radius 3 is 2.81 bits per heavy atom. The van der Waals surface area contributed by atoms with Crippen LogP contribution in [0.5, 0.6) is 0 Å². The third-order valence-electron chi connectivity index (χ3n) is 3.10. The quantitative estimate of drug-likeness (QED) is 0.836. The van der Waals surface area contributed by atoms with Crippen LogP contribution in [0.3, 0.4) is 0 Å². The molecule has 0 amide bonds. The van der Waals surface area contributed by atoms with E-state index < -0.39 is 0 Å². The van der Waals surface area contributed by atoms with Crippen LogP contribution in [0.15, 0.2) is 6.33 Å². The summed E-state index contributed by atoms with van der Waals surface area (Å²) in [5, 5.41) is 0. The average molecular weight is 224 g/mol. The van der Waals surface area contributed by atoms with E-state index >= 15 is 0 Å². The molecular weight excluding hydrogens is 207 g/mol. The van der Waals surface area contributed by atoms with Gasteiger partial charge in [0.2, 0.25) is 0 Å². The van der Waals surface area contributed by atoms with Crippen LogP contribution in [-0.4, -0.2) is 29.1 Å². The lowest BCUT2D eigenvalue weighted by molar-refractivity contribution is 0.381. The highest BCUT2D eigenvalue weighted by Crippen LogP contribution is 2.29. The lowest BCUT2D eigenvalue weighted by Crippen LogP contribution is -2.44. The van der Waals surface area contributed by atoms with E-state index in [1.807, 2.05) is 4.90 Å². The first-order valence-electron chi connectivity index (χ1n) is 5.68. The van der Waals surface area contributed by atoms with Gasteiger partial charge in [-0.25, -0.2) is 14.4 Å². The van der Waals surface area contributed by atoms with Gasteiger partial charge in [0, 0.05) is 19.1 Å². The van der Waals surface area contributed by atoms with Gasteiger partial charge in [0.1, 0.15) is 6.33 Å². The first-order valence-corrected chi connectivity index (χ1v) is 5.68. The Labute approximate surface area is 94.7 Å². The molecule has 1 aliphatic rings. The zero-order valence-corrected chi connectivity index (χ0v) is 9.49. The van der Waals surface area contributed by atoms with Gasteiger partial charge in [-0.15, -0.1) is 0 Å². The second-order valence-corrected chi connectivity index (χ2v) is 4.16. The lowest BCUT2D eigenvalue weighted by Gasteiger charge is -2.38. The summed E-state index contributed by atoms with van der Waals surface area (Å²) in [4.78, 5) is 9.87. The maximum Gasteiger partial charge on any atom is 0.186 e. The maximum atomic E-state index is 13.9. The van der Waals surface area contributed by atoms with Crippen LogP contribution in [0.2, 0.25) is 0 Å². The molecule has 2 rings (SSSR count). The molecule has 0 spiro atoms. The molecule has 5 heteroatoms. The highest BCUT2D eigenvalue weighted by Gasteiger charge is 2.27. The molecule has 88 valence electrons. The molecule has 1 saturated carbocycles. The van der Waals surface area contributed by atoms with Crippen LogP contribution in [0.1, 0.15) is 25.0 Å². The van der Waals surface area contributed by atoms with Gasteiger partial charge >= 0.3 is 0 Å². The van der Waals surface area contributed by atoms with E-state index in [9.17, 15) is 4.39 Å². The molecule has 2 N–H and O–H groups in total. The smallest absolute Gasteiger partial charge is 0.186 e. The number of halogens is 1. The van der Waals surface area contributed by atoms with Crippen molar-refractivity contribution in [1.82, 2.24) is 9.97 Å². The summed E-state index contributed by atoms with van der Waals surface area (Å²) < 4.78 is 13.9. The third-order valence-corrected chi connectivity index (χ3v) is 3.10. The summed E-state index contributed by atoms with van der Waals surface area (Å²) >= 11 is 0. The normalized spacial score (nSPS) is 15.9. The summed E-state index contributed by atoms with van der Waals surface area (Å²) in [5.74, 6) is 0.0884. The third kappa shape index (κ3) is 2.00. The molecular formula is C11H17FN4. The molecule has 1 aromatic heterocycles. The summed E-state index contributed by atoms with van der Waals surface area (Å²) in [6.07, 6.45) is 4.82. The van der Waals surface area contributed by atoms with E-state index in [0.717, 1.165) is 12.8 Å². The van der Waals surface area contributed by atoms with Gasteiger partial charge in [-0.05, 0) is 26.2 Å². The highest BCUT2D eigenvalue weighted by molar-refractivity contribution is 5.42. The number of aromatic nitrogens is 2. The predicted molar refractivity (Wildman–Crippen MR) is 60.8 cm³/mol. The van der Waals surface area contributed by atoms with E-state index in [1.54, 1.807) is 6.92 Å². The summed E-state index contributed by atoms with van der Waals surface area (Å²) in [7, 11) is 0. The lowest BCUT2D eigenvalue weighted by atomic mass is 9.91. The number of aryl methyl sites for hydroxylation is 1. The minimum atomic E-state index is -0.317. The fourth-order valence-corrected chi connectivity index (χ4v) is 1.94. The molecule has 0 atom stereocenters. The fraction of sp³-hybridized carbons (Fsp3) is 0.636. The number of nitrogens with two attached hydrogens (primary N) is 1. The molecule has 1 heterocycles. The minimum absolute atomic E-state index is 0.317. The number of hydrogen-bond acceptors (Lipinski definition) is 4. The van der Waals surface area contributed by atoms with Crippen LogP contribution in [0.25, 0.3) is 0 Å². The Bertz CT molecular complexity index is 365. The Morgan fingerprint density at radius 2 is 2.25 bits per heavy atom. The van der Waals surface area contributed by atoms with Crippen LogP contribution in [0, 0.1) is 12.7 Å². The van der Waals surface area contributed by atoms with Gasteiger partial charge in [-0.2, -0.15) is 0 Å². The molecule has 1 aromatic rings. The van der Waals surface area contributed by atoms with E-state index in [2.05, 4.69) is 9.97 Å².